The monoisotopic (exact) mass is 323 g/mol. The fraction of sp³-hybridized carbons (Fsp3) is 0.500. The first-order valence-corrected chi connectivity index (χ1v) is 6.49. The van der Waals surface area contributed by atoms with Crippen molar-refractivity contribution in [3.05, 3.63) is 28.2 Å². The van der Waals surface area contributed by atoms with E-state index in [9.17, 15) is 8.78 Å². The van der Waals surface area contributed by atoms with Crippen molar-refractivity contribution in [1.82, 2.24) is 0 Å². The largest absolute Gasteiger partial charge is 0.378 e. The van der Waals surface area contributed by atoms with Gasteiger partial charge in [-0.1, -0.05) is 0 Å². The first-order chi connectivity index (χ1) is 8.58. The standard InChI is InChI=1S/C12H16BrF2NO2/c1-3-17-12(18-4-2)7-16-11-5-8(13)9(14)6-10(11)15/h5-6,12,16H,3-4,7H2,1-2H3. The second-order valence-corrected chi connectivity index (χ2v) is 4.32. The number of halogens is 3. The Morgan fingerprint density at radius 2 is 1.78 bits per heavy atom. The summed E-state index contributed by atoms with van der Waals surface area (Å²) in [6.07, 6.45) is -0.455. The molecule has 0 saturated carbocycles. The second kappa shape index (κ2) is 7.66. The number of benzene rings is 1. The molecule has 0 saturated heterocycles. The lowest BCUT2D eigenvalue weighted by Crippen LogP contribution is -2.26. The summed E-state index contributed by atoms with van der Waals surface area (Å²) in [5, 5.41) is 2.83. The summed E-state index contributed by atoms with van der Waals surface area (Å²) in [6.45, 7) is 4.99. The molecule has 102 valence electrons. The van der Waals surface area contributed by atoms with E-state index in [0.29, 0.717) is 13.2 Å². The van der Waals surface area contributed by atoms with Crippen LogP contribution in [0.25, 0.3) is 0 Å². The van der Waals surface area contributed by atoms with Crippen molar-refractivity contribution in [2.24, 2.45) is 0 Å². The molecule has 1 aromatic rings. The van der Waals surface area contributed by atoms with Crippen molar-refractivity contribution in [3.63, 3.8) is 0 Å². The molecule has 0 atom stereocenters. The van der Waals surface area contributed by atoms with E-state index in [0.717, 1.165) is 6.07 Å². The van der Waals surface area contributed by atoms with E-state index in [1.165, 1.54) is 6.07 Å². The minimum absolute atomic E-state index is 0.202. The maximum absolute atomic E-state index is 13.4. The summed E-state index contributed by atoms with van der Waals surface area (Å²) >= 11 is 3.00. The first kappa shape index (κ1) is 15.3. The third-order valence-electron chi connectivity index (χ3n) is 2.17. The van der Waals surface area contributed by atoms with Gasteiger partial charge in [0.1, 0.15) is 11.6 Å². The third kappa shape index (κ3) is 4.51. The lowest BCUT2D eigenvalue weighted by atomic mass is 10.3. The van der Waals surface area contributed by atoms with E-state index in [1.807, 2.05) is 13.8 Å². The molecule has 0 bridgehead atoms. The lowest BCUT2D eigenvalue weighted by Gasteiger charge is -2.18. The highest BCUT2D eigenvalue weighted by molar-refractivity contribution is 9.10. The molecule has 0 aliphatic rings. The molecule has 0 amide bonds. The molecule has 6 heteroatoms. The number of hydrogen-bond donors (Lipinski definition) is 1. The van der Waals surface area contributed by atoms with Crippen LogP contribution in [0.15, 0.2) is 16.6 Å². The molecule has 0 aliphatic carbocycles. The highest BCUT2D eigenvalue weighted by Crippen LogP contribution is 2.23. The van der Waals surface area contributed by atoms with Crippen LogP contribution in [0.5, 0.6) is 0 Å². The number of hydrogen-bond acceptors (Lipinski definition) is 3. The van der Waals surface area contributed by atoms with Crippen LogP contribution in [0, 0.1) is 11.6 Å². The van der Waals surface area contributed by atoms with Gasteiger partial charge in [0.25, 0.3) is 0 Å². The molecule has 0 heterocycles. The molecular weight excluding hydrogens is 308 g/mol. The normalized spacial score (nSPS) is 11.0. The van der Waals surface area contributed by atoms with E-state index >= 15 is 0 Å². The Hall–Kier alpha value is -0.720. The van der Waals surface area contributed by atoms with E-state index in [-0.39, 0.29) is 16.7 Å². The fourth-order valence-electron chi connectivity index (χ4n) is 1.39. The lowest BCUT2D eigenvalue weighted by molar-refractivity contribution is -0.126. The zero-order valence-corrected chi connectivity index (χ0v) is 11.9. The van der Waals surface area contributed by atoms with Crippen LogP contribution < -0.4 is 5.32 Å². The molecule has 0 spiro atoms. The molecular formula is C12H16BrF2NO2. The molecule has 1 N–H and O–H groups in total. The average Bonchev–Trinajstić information content (AvgIpc) is 2.32. The molecule has 0 aliphatic heterocycles. The molecule has 3 nitrogen and oxygen atoms in total. The van der Waals surface area contributed by atoms with Gasteiger partial charge in [0.15, 0.2) is 6.29 Å². The van der Waals surface area contributed by atoms with E-state index < -0.39 is 17.9 Å². The van der Waals surface area contributed by atoms with Crippen LogP contribution >= 0.6 is 15.9 Å². The highest BCUT2D eigenvalue weighted by atomic mass is 79.9. The molecule has 1 rings (SSSR count). The van der Waals surface area contributed by atoms with Crippen molar-refractivity contribution < 1.29 is 18.3 Å². The average molecular weight is 324 g/mol. The summed E-state index contributed by atoms with van der Waals surface area (Å²) in [5.41, 5.74) is 0.202. The van der Waals surface area contributed by atoms with Crippen molar-refractivity contribution in [2.75, 3.05) is 25.1 Å². The van der Waals surface area contributed by atoms with Crippen molar-refractivity contribution in [1.29, 1.82) is 0 Å². The van der Waals surface area contributed by atoms with Crippen LogP contribution in [0.1, 0.15) is 13.8 Å². The van der Waals surface area contributed by atoms with Gasteiger partial charge in [-0.2, -0.15) is 0 Å². The van der Waals surface area contributed by atoms with Crippen LogP contribution in [0.3, 0.4) is 0 Å². The van der Waals surface area contributed by atoms with Crippen molar-refractivity contribution >= 4 is 21.6 Å². The predicted octanol–water partition coefficient (Wildman–Crippen LogP) is 3.54. The molecule has 0 radical (unpaired) electrons. The van der Waals surface area contributed by atoms with Gasteiger partial charge in [-0.25, -0.2) is 8.78 Å². The molecule has 0 fully saturated rings. The molecule has 0 unspecified atom stereocenters. The topological polar surface area (TPSA) is 30.5 Å². The van der Waals surface area contributed by atoms with Gasteiger partial charge in [0, 0.05) is 19.3 Å². The summed E-state index contributed by atoms with van der Waals surface area (Å²) in [5.74, 6) is -1.29. The molecule has 18 heavy (non-hydrogen) atoms. The highest BCUT2D eigenvalue weighted by Gasteiger charge is 2.11. The summed E-state index contributed by atoms with van der Waals surface area (Å²) in [6, 6.07) is 2.17. The first-order valence-electron chi connectivity index (χ1n) is 5.70. The summed E-state index contributed by atoms with van der Waals surface area (Å²) in [7, 11) is 0. The van der Waals surface area contributed by atoms with E-state index in [2.05, 4.69) is 21.2 Å². The van der Waals surface area contributed by atoms with Crippen LogP contribution in [-0.2, 0) is 9.47 Å². The number of rotatable bonds is 7. The van der Waals surface area contributed by atoms with Gasteiger partial charge >= 0.3 is 0 Å². The molecule has 0 aromatic heterocycles. The third-order valence-corrected chi connectivity index (χ3v) is 2.78. The zero-order chi connectivity index (χ0) is 13.5. The molecule has 1 aromatic carbocycles. The number of ether oxygens (including phenoxy) is 2. The predicted molar refractivity (Wildman–Crippen MR) is 69.6 cm³/mol. The van der Waals surface area contributed by atoms with Gasteiger partial charge in [-0.05, 0) is 35.8 Å². The quantitative estimate of drug-likeness (QED) is 0.615. The number of nitrogens with one attached hydrogen (secondary N) is 1. The fourth-order valence-corrected chi connectivity index (χ4v) is 1.73. The Labute approximate surface area is 114 Å². The summed E-state index contributed by atoms with van der Waals surface area (Å²) in [4.78, 5) is 0. The second-order valence-electron chi connectivity index (χ2n) is 3.47. The Bertz CT molecular complexity index is 385. The Balaban J connectivity index is 2.64. The summed E-state index contributed by atoms with van der Waals surface area (Å²) < 4.78 is 37.3. The minimum Gasteiger partial charge on any atom is -0.378 e. The van der Waals surface area contributed by atoms with Crippen LogP contribution in [0.4, 0.5) is 14.5 Å². The SMILES string of the molecule is CCOC(CNc1cc(Br)c(F)cc1F)OCC. The van der Waals surface area contributed by atoms with E-state index in [1.54, 1.807) is 0 Å². The van der Waals surface area contributed by atoms with E-state index in [4.69, 9.17) is 9.47 Å². The van der Waals surface area contributed by atoms with Crippen LogP contribution in [0.2, 0.25) is 0 Å². The number of anilines is 1. The maximum Gasteiger partial charge on any atom is 0.174 e. The Kier molecular flexibility index (Phi) is 6.52. The van der Waals surface area contributed by atoms with Gasteiger partial charge in [-0.15, -0.1) is 0 Å². The minimum atomic E-state index is -0.651. The van der Waals surface area contributed by atoms with Crippen molar-refractivity contribution in [3.8, 4) is 0 Å². The van der Waals surface area contributed by atoms with Gasteiger partial charge in [0.05, 0.1) is 16.7 Å². The van der Waals surface area contributed by atoms with Gasteiger partial charge in [-0.3, -0.25) is 0 Å². The van der Waals surface area contributed by atoms with Gasteiger partial charge in [0.2, 0.25) is 0 Å². The van der Waals surface area contributed by atoms with Crippen molar-refractivity contribution in [2.45, 2.75) is 20.1 Å². The van der Waals surface area contributed by atoms with Crippen LogP contribution in [-0.4, -0.2) is 26.0 Å². The smallest absolute Gasteiger partial charge is 0.174 e. The maximum atomic E-state index is 13.4. The Morgan fingerprint density at radius 3 is 2.33 bits per heavy atom. The Morgan fingerprint density at radius 1 is 1.17 bits per heavy atom. The van der Waals surface area contributed by atoms with Gasteiger partial charge < -0.3 is 14.8 Å². The zero-order valence-electron chi connectivity index (χ0n) is 10.3.